The lowest BCUT2D eigenvalue weighted by Crippen LogP contribution is -1.93. The van der Waals surface area contributed by atoms with E-state index in [1.807, 2.05) is 0 Å². The van der Waals surface area contributed by atoms with E-state index in [0.29, 0.717) is 19.6 Å². The summed E-state index contributed by atoms with van der Waals surface area (Å²) in [5.74, 6) is -0.666. The third kappa shape index (κ3) is 29.9. The molecule has 0 spiro atoms. The average molecular weight is 333 g/mol. The van der Waals surface area contributed by atoms with Crippen LogP contribution in [-0.2, 0) is 4.79 Å². The maximum absolute atomic E-state index is 10.1. The van der Waals surface area contributed by atoms with E-state index in [-0.39, 0.29) is 0 Å². The van der Waals surface area contributed by atoms with Gasteiger partial charge in [-0.15, -0.1) is 0 Å². The van der Waals surface area contributed by atoms with Gasteiger partial charge in [-0.25, -0.2) is 0 Å². The van der Waals surface area contributed by atoms with Gasteiger partial charge in [0.25, 0.3) is 0 Å². The fraction of sp³-hybridized carbons (Fsp3) is 0.947. The van der Waals surface area contributed by atoms with E-state index >= 15 is 0 Å². The normalized spacial score (nSPS) is 10.2. The van der Waals surface area contributed by atoms with Crippen LogP contribution >= 0.6 is 0 Å². The van der Waals surface area contributed by atoms with Crippen molar-refractivity contribution in [1.82, 2.24) is 0 Å². The lowest BCUT2D eigenvalue weighted by Gasteiger charge is -1.99. The molecule has 0 saturated carbocycles. The molecule has 0 bridgehead atoms. The van der Waals surface area contributed by atoms with Crippen LogP contribution in [0.5, 0.6) is 0 Å². The molecule has 0 atom stereocenters. The molecule has 0 aliphatic rings. The molecule has 0 heterocycles. The topological polar surface area (TPSA) is 77.8 Å². The molecule has 0 rings (SSSR count). The van der Waals surface area contributed by atoms with Gasteiger partial charge < -0.3 is 15.3 Å². The summed E-state index contributed by atoms with van der Waals surface area (Å²) >= 11 is 0. The second-order valence-corrected chi connectivity index (χ2v) is 6.19. The second kappa shape index (κ2) is 23.7. The average Bonchev–Trinajstić information content (AvgIpc) is 2.54. The molecular formula is C19H40O4. The summed E-state index contributed by atoms with van der Waals surface area (Å²) in [6.45, 7) is 2.85. The van der Waals surface area contributed by atoms with Gasteiger partial charge in [0.15, 0.2) is 0 Å². The van der Waals surface area contributed by atoms with E-state index < -0.39 is 5.97 Å². The van der Waals surface area contributed by atoms with E-state index in [0.717, 1.165) is 38.5 Å². The van der Waals surface area contributed by atoms with Crippen molar-refractivity contribution in [2.45, 2.75) is 103 Å². The van der Waals surface area contributed by atoms with Crippen LogP contribution in [0.25, 0.3) is 0 Å². The van der Waals surface area contributed by atoms with Crippen LogP contribution in [-0.4, -0.2) is 34.5 Å². The molecule has 0 saturated heterocycles. The summed E-state index contributed by atoms with van der Waals surface area (Å²) in [6, 6.07) is 0. The van der Waals surface area contributed by atoms with Crippen molar-refractivity contribution in [2.75, 3.05) is 13.2 Å². The van der Waals surface area contributed by atoms with Crippen LogP contribution in [0.4, 0.5) is 0 Å². The molecule has 0 unspecified atom stereocenters. The van der Waals surface area contributed by atoms with E-state index in [1.54, 1.807) is 0 Å². The molecule has 0 radical (unpaired) electrons. The van der Waals surface area contributed by atoms with Gasteiger partial charge >= 0.3 is 5.97 Å². The Hall–Kier alpha value is -0.610. The minimum atomic E-state index is -0.666. The van der Waals surface area contributed by atoms with E-state index in [1.165, 1.54) is 51.4 Å². The monoisotopic (exact) mass is 332 g/mol. The van der Waals surface area contributed by atoms with Crippen LogP contribution in [0.3, 0.4) is 0 Å². The summed E-state index contributed by atoms with van der Waals surface area (Å²) in [5.41, 5.74) is 0. The Bertz CT molecular complexity index is 209. The second-order valence-electron chi connectivity index (χ2n) is 6.19. The molecule has 0 aromatic heterocycles. The van der Waals surface area contributed by atoms with Crippen LogP contribution in [0.2, 0.25) is 0 Å². The number of aliphatic hydroxyl groups is 2. The first-order valence-corrected chi connectivity index (χ1v) is 9.62. The first-order valence-electron chi connectivity index (χ1n) is 9.62. The van der Waals surface area contributed by atoms with Gasteiger partial charge in [-0.05, 0) is 19.3 Å². The minimum absolute atomic E-state index is 0.338. The number of aliphatic hydroxyl groups excluding tert-OH is 2. The molecule has 0 fully saturated rings. The molecule has 140 valence electrons. The molecule has 0 aromatic rings. The van der Waals surface area contributed by atoms with Crippen LogP contribution in [0.15, 0.2) is 0 Å². The molecule has 0 aliphatic heterocycles. The molecule has 4 heteroatoms. The maximum Gasteiger partial charge on any atom is 0.303 e. The largest absolute Gasteiger partial charge is 0.481 e. The Morgan fingerprint density at radius 2 is 0.957 bits per heavy atom. The lowest BCUT2D eigenvalue weighted by atomic mass is 10.1. The summed E-state index contributed by atoms with van der Waals surface area (Å²) < 4.78 is 0. The number of carboxylic acids is 1. The standard InChI is InChI=1S/C10H22O2.C9H18O2/c11-9-7-5-3-1-2-4-6-8-10-12;1-2-3-4-5-6-7-8-9(10)11/h11-12H,1-10H2;2-8H2,1H3,(H,10,11). The highest BCUT2D eigenvalue weighted by molar-refractivity contribution is 5.66. The number of hydrogen-bond acceptors (Lipinski definition) is 3. The Balaban J connectivity index is 0. The number of hydrogen-bond donors (Lipinski definition) is 3. The number of carbonyl (C=O) groups is 1. The van der Waals surface area contributed by atoms with E-state index in [4.69, 9.17) is 15.3 Å². The van der Waals surface area contributed by atoms with Crippen LogP contribution in [0.1, 0.15) is 103 Å². The Kier molecular flexibility index (Phi) is 25.3. The van der Waals surface area contributed by atoms with Gasteiger partial charge in [0, 0.05) is 19.6 Å². The number of rotatable bonds is 16. The molecule has 3 N–H and O–H groups in total. The third-order valence-corrected chi connectivity index (χ3v) is 3.81. The van der Waals surface area contributed by atoms with Crippen molar-refractivity contribution in [3.63, 3.8) is 0 Å². The molecule has 4 nitrogen and oxygen atoms in total. The summed E-state index contributed by atoms with van der Waals surface area (Å²) in [7, 11) is 0. The summed E-state index contributed by atoms with van der Waals surface area (Å²) in [5, 5.41) is 25.3. The van der Waals surface area contributed by atoms with E-state index in [9.17, 15) is 4.79 Å². The molecule has 0 aliphatic carbocycles. The highest BCUT2D eigenvalue weighted by Gasteiger charge is 1.95. The van der Waals surface area contributed by atoms with Crippen molar-refractivity contribution >= 4 is 5.97 Å². The van der Waals surface area contributed by atoms with Gasteiger partial charge in [0.2, 0.25) is 0 Å². The summed E-state index contributed by atoms with van der Waals surface area (Å²) in [6.07, 6.45) is 16.6. The lowest BCUT2D eigenvalue weighted by molar-refractivity contribution is -0.137. The van der Waals surface area contributed by atoms with Crippen molar-refractivity contribution in [3.05, 3.63) is 0 Å². The minimum Gasteiger partial charge on any atom is -0.481 e. The van der Waals surface area contributed by atoms with E-state index in [2.05, 4.69) is 6.92 Å². The van der Waals surface area contributed by atoms with Gasteiger partial charge in [0.05, 0.1) is 0 Å². The van der Waals surface area contributed by atoms with Crippen molar-refractivity contribution in [2.24, 2.45) is 0 Å². The summed E-state index contributed by atoms with van der Waals surface area (Å²) in [4.78, 5) is 10.1. The van der Waals surface area contributed by atoms with Crippen LogP contribution < -0.4 is 0 Å². The predicted molar refractivity (Wildman–Crippen MR) is 96.7 cm³/mol. The third-order valence-electron chi connectivity index (χ3n) is 3.81. The zero-order valence-electron chi connectivity index (χ0n) is 15.3. The number of aliphatic carboxylic acids is 1. The highest BCUT2D eigenvalue weighted by atomic mass is 16.4. The Morgan fingerprint density at radius 3 is 1.30 bits per heavy atom. The quantitative estimate of drug-likeness (QED) is 0.351. The molecule has 23 heavy (non-hydrogen) atoms. The molecule has 0 aromatic carbocycles. The zero-order chi connectivity index (χ0) is 17.6. The smallest absolute Gasteiger partial charge is 0.303 e. The van der Waals surface area contributed by atoms with Crippen molar-refractivity contribution < 1.29 is 20.1 Å². The first kappa shape index (κ1) is 24.6. The highest BCUT2D eigenvalue weighted by Crippen LogP contribution is 2.08. The first-order chi connectivity index (χ1) is 11.2. The molecular weight excluding hydrogens is 292 g/mol. The molecule has 0 amide bonds. The van der Waals surface area contributed by atoms with Crippen molar-refractivity contribution in [1.29, 1.82) is 0 Å². The zero-order valence-corrected chi connectivity index (χ0v) is 15.3. The van der Waals surface area contributed by atoms with Gasteiger partial charge in [0.1, 0.15) is 0 Å². The fourth-order valence-electron chi connectivity index (χ4n) is 2.34. The van der Waals surface area contributed by atoms with Gasteiger partial charge in [-0.3, -0.25) is 4.79 Å². The van der Waals surface area contributed by atoms with Gasteiger partial charge in [-0.1, -0.05) is 77.6 Å². The Morgan fingerprint density at radius 1 is 0.609 bits per heavy atom. The number of unbranched alkanes of at least 4 members (excludes halogenated alkanes) is 12. The number of carboxylic acid groups (broad SMARTS) is 1. The van der Waals surface area contributed by atoms with Crippen molar-refractivity contribution in [3.8, 4) is 0 Å². The maximum atomic E-state index is 10.1. The van der Waals surface area contributed by atoms with Crippen LogP contribution in [0, 0.1) is 0 Å². The Labute approximate surface area is 143 Å². The predicted octanol–water partition coefficient (Wildman–Crippen LogP) is 4.91. The SMILES string of the molecule is CCCCCCCCC(=O)O.OCCCCCCCCCCO. The van der Waals surface area contributed by atoms with Gasteiger partial charge in [-0.2, -0.15) is 0 Å². The fourth-order valence-corrected chi connectivity index (χ4v) is 2.34.